The third-order valence-corrected chi connectivity index (χ3v) is 2.40. The number of H-pyrrole nitrogens is 1. The highest BCUT2D eigenvalue weighted by Crippen LogP contribution is 2.10. The molecule has 0 amide bonds. The molecule has 0 unspecified atom stereocenters. The van der Waals surface area contributed by atoms with Crippen LogP contribution in [0.5, 0.6) is 0 Å². The van der Waals surface area contributed by atoms with E-state index >= 15 is 0 Å². The van der Waals surface area contributed by atoms with Gasteiger partial charge in [0.2, 0.25) is 6.20 Å². The number of amidine groups is 1. The van der Waals surface area contributed by atoms with Gasteiger partial charge in [0, 0.05) is 10.8 Å². The summed E-state index contributed by atoms with van der Waals surface area (Å²) in [6.45, 7) is 7.63. The van der Waals surface area contributed by atoms with Crippen LogP contribution in [0, 0.1) is 10.8 Å². The molecule has 0 saturated carbocycles. The molecule has 0 atom stereocenters. The van der Waals surface area contributed by atoms with E-state index in [0.717, 1.165) is 0 Å². The zero-order valence-corrected chi connectivity index (χ0v) is 11.8. The van der Waals surface area contributed by atoms with E-state index in [-0.39, 0.29) is 12.5 Å². The number of nitrogens with one attached hydrogen (secondary N) is 3. The van der Waals surface area contributed by atoms with E-state index in [4.69, 9.17) is 0 Å². The first-order valence-corrected chi connectivity index (χ1v) is 6.17. The van der Waals surface area contributed by atoms with Crippen molar-refractivity contribution in [1.82, 2.24) is 10.4 Å². The maximum atomic E-state index is 11.1. The minimum Gasteiger partial charge on any atom is -0.394 e. The smallest absolute Gasteiger partial charge is 0.269 e. The highest BCUT2D eigenvalue weighted by Gasteiger charge is 2.17. The summed E-state index contributed by atoms with van der Waals surface area (Å²) in [5.41, 5.74) is 5.28. The van der Waals surface area contributed by atoms with Crippen LogP contribution in [0.1, 0.15) is 27.7 Å². The van der Waals surface area contributed by atoms with Gasteiger partial charge in [0.05, 0.1) is 22.8 Å². The number of hydrazine groups is 1. The van der Waals surface area contributed by atoms with Gasteiger partial charge in [0.1, 0.15) is 5.84 Å². The van der Waals surface area contributed by atoms with Gasteiger partial charge in [0.15, 0.2) is 5.82 Å². The number of rotatable bonds is 5. The van der Waals surface area contributed by atoms with Crippen LogP contribution in [0.15, 0.2) is 23.6 Å². The third kappa shape index (κ3) is 5.09. The Morgan fingerprint density at radius 2 is 2.26 bits per heavy atom. The lowest BCUT2D eigenvalue weighted by atomic mass is 10.1. The second-order valence-electron chi connectivity index (χ2n) is 5.24. The number of aromatic amines is 1. The Morgan fingerprint density at radius 1 is 1.58 bits per heavy atom. The number of anilines is 1. The van der Waals surface area contributed by atoms with E-state index < -0.39 is 5.54 Å². The lowest BCUT2D eigenvalue weighted by Gasteiger charge is -2.21. The Labute approximate surface area is 112 Å². The molecule has 0 spiro atoms. The number of aliphatic hydroxyl groups is 1. The van der Waals surface area contributed by atoms with Crippen molar-refractivity contribution in [2.75, 3.05) is 12.0 Å². The Bertz CT molecular complexity index is 493. The number of hydrogen-bond donors (Lipinski definition) is 4. The second-order valence-corrected chi connectivity index (χ2v) is 5.24. The molecule has 4 N–H and O–H groups in total. The highest BCUT2D eigenvalue weighted by atomic mass is 16.3. The largest absolute Gasteiger partial charge is 0.394 e. The molecule has 1 aromatic rings. The topological polar surface area (TPSA) is 95.4 Å². The molecule has 0 fully saturated rings. The fourth-order valence-electron chi connectivity index (χ4n) is 1.27. The van der Waals surface area contributed by atoms with Crippen molar-refractivity contribution in [2.45, 2.75) is 33.2 Å². The maximum Gasteiger partial charge on any atom is 0.269 e. The van der Waals surface area contributed by atoms with Crippen molar-refractivity contribution < 1.29 is 9.53 Å². The van der Waals surface area contributed by atoms with E-state index in [0.29, 0.717) is 16.1 Å². The molecule has 1 rings (SSSR count). The molecule has 0 bridgehead atoms. The first-order valence-electron chi connectivity index (χ1n) is 6.17. The maximum absolute atomic E-state index is 11.1. The van der Waals surface area contributed by atoms with Crippen molar-refractivity contribution in [2.24, 2.45) is 10.9 Å². The second kappa shape index (κ2) is 6.33. The van der Waals surface area contributed by atoms with Crippen molar-refractivity contribution in [3.63, 3.8) is 0 Å². The van der Waals surface area contributed by atoms with E-state index in [2.05, 4.69) is 20.8 Å². The normalized spacial score (nSPS) is 12.6. The Hall–Kier alpha value is -1.89. The molecule has 1 heterocycles. The summed E-state index contributed by atoms with van der Waals surface area (Å²) in [6.07, 6.45) is 4.25. The summed E-state index contributed by atoms with van der Waals surface area (Å²) in [4.78, 5) is 18.4. The Balaban J connectivity index is 2.78. The van der Waals surface area contributed by atoms with Gasteiger partial charge in [-0.2, -0.15) is 0 Å². The summed E-state index contributed by atoms with van der Waals surface area (Å²) in [5, 5.41) is 9.24. The van der Waals surface area contributed by atoms with Crippen LogP contribution in [0.2, 0.25) is 0 Å². The molecule has 19 heavy (non-hydrogen) atoms. The summed E-state index contributed by atoms with van der Waals surface area (Å²) < 4.78 is 0.685. The zero-order chi connectivity index (χ0) is 14.5. The molecule has 0 aliphatic heterocycles. The molecule has 0 aliphatic rings. The molecule has 0 aliphatic carbocycles. The van der Waals surface area contributed by atoms with Crippen LogP contribution >= 0.6 is 0 Å². The lowest BCUT2D eigenvalue weighted by Crippen LogP contribution is -2.37. The van der Waals surface area contributed by atoms with Crippen molar-refractivity contribution in [3.8, 4) is 0 Å². The molecule has 7 heteroatoms. The third-order valence-electron chi connectivity index (χ3n) is 2.40. The predicted octanol–water partition coefficient (Wildman–Crippen LogP) is 0.671. The lowest BCUT2D eigenvalue weighted by molar-refractivity contribution is -0.494. The van der Waals surface area contributed by atoms with Gasteiger partial charge >= 0.3 is 0 Å². The minimum atomic E-state index is -0.548. The quantitative estimate of drug-likeness (QED) is 0.273. The monoisotopic (exact) mass is 268 g/mol. The molecule has 106 valence electrons. The zero-order valence-electron chi connectivity index (χ0n) is 11.8. The predicted molar refractivity (Wildman–Crippen MR) is 74.4 cm³/mol. The number of hydrogen-bond acceptors (Lipinski definition) is 4. The van der Waals surface area contributed by atoms with Crippen LogP contribution in [-0.2, 0) is 0 Å². The van der Waals surface area contributed by atoms with Gasteiger partial charge in [-0.1, -0.05) is 13.8 Å². The summed E-state index contributed by atoms with van der Waals surface area (Å²) in [7, 11) is 0. The standard InChI is InChI=1S/C12H22N5O2/c1-9(2)11(14-12(3,4)8-18)16-15-10-7-17(19)6-5-13-10/h5-7,9,18H,8H2,1-4H3,(H,14,16)(H2,13,15,19)/q+1. The molecule has 1 aromatic heterocycles. The van der Waals surface area contributed by atoms with Gasteiger partial charge in [-0.15, -0.1) is 0 Å². The first kappa shape index (κ1) is 15.2. The van der Waals surface area contributed by atoms with Crippen molar-refractivity contribution >= 4 is 11.7 Å². The van der Waals surface area contributed by atoms with E-state index in [9.17, 15) is 10.0 Å². The fourth-order valence-corrected chi connectivity index (χ4v) is 1.27. The van der Waals surface area contributed by atoms with E-state index in [1.165, 1.54) is 18.6 Å². The number of aliphatic hydroxyl groups excluding tert-OH is 1. The first-order chi connectivity index (χ1) is 8.84. The van der Waals surface area contributed by atoms with Crippen molar-refractivity contribution in [1.29, 1.82) is 0 Å². The average Bonchev–Trinajstić information content (AvgIpc) is 2.34. The molecule has 0 radical (unpaired) electrons. The van der Waals surface area contributed by atoms with Gasteiger partial charge in [0.25, 0.3) is 6.20 Å². The average molecular weight is 268 g/mol. The van der Waals surface area contributed by atoms with Crippen LogP contribution in [-0.4, -0.2) is 28.1 Å². The molecule has 7 nitrogen and oxygen atoms in total. The highest BCUT2D eigenvalue weighted by molar-refractivity contribution is 5.85. The molecule has 0 saturated heterocycles. The minimum absolute atomic E-state index is 0.0388. The van der Waals surface area contributed by atoms with Crippen LogP contribution in [0.3, 0.4) is 0 Å². The van der Waals surface area contributed by atoms with E-state index in [1.54, 1.807) is 0 Å². The van der Waals surface area contributed by atoms with Gasteiger partial charge in [-0.25, -0.2) is 0 Å². The van der Waals surface area contributed by atoms with Crippen molar-refractivity contribution in [3.05, 3.63) is 23.5 Å². The SMILES string of the molecule is CC(C)C(=NC(C)(C)CO)NNc1c[n+](=O)cc[nH]1. The Kier molecular flexibility index (Phi) is 5.05. The number of aliphatic imine (C=N–C) groups is 1. The summed E-state index contributed by atoms with van der Waals surface area (Å²) in [6, 6.07) is 0. The summed E-state index contributed by atoms with van der Waals surface area (Å²) >= 11 is 0. The molecule has 0 aromatic carbocycles. The Morgan fingerprint density at radius 3 is 2.79 bits per heavy atom. The number of nitrogens with zero attached hydrogens (tertiary/aromatic N) is 2. The summed E-state index contributed by atoms with van der Waals surface area (Å²) in [5.74, 6) is 1.38. The number of aromatic nitrogens is 2. The van der Waals surface area contributed by atoms with Crippen LogP contribution in [0.25, 0.3) is 0 Å². The van der Waals surface area contributed by atoms with Crippen LogP contribution < -0.4 is 15.3 Å². The van der Waals surface area contributed by atoms with Gasteiger partial charge in [-0.3, -0.25) is 15.8 Å². The van der Waals surface area contributed by atoms with Gasteiger partial charge in [-0.05, 0) is 13.8 Å². The van der Waals surface area contributed by atoms with E-state index in [1.807, 2.05) is 27.7 Å². The molecular formula is C12H22N5O2+. The fraction of sp³-hybridized carbons (Fsp3) is 0.583. The molecular weight excluding hydrogens is 246 g/mol. The van der Waals surface area contributed by atoms with Gasteiger partial charge < -0.3 is 10.1 Å². The van der Waals surface area contributed by atoms with Crippen LogP contribution in [0.4, 0.5) is 5.82 Å².